The fraction of sp³-hybridized carbons (Fsp3) is 0.538. The van der Waals surface area contributed by atoms with Crippen LogP contribution in [0.4, 0.5) is 0 Å². The highest BCUT2D eigenvalue weighted by atomic mass is 35.5. The summed E-state index contributed by atoms with van der Waals surface area (Å²) in [7, 11) is 0. The number of hydrogen-bond donors (Lipinski definition) is 2. The van der Waals surface area contributed by atoms with E-state index in [9.17, 15) is 5.11 Å². The Morgan fingerprint density at radius 1 is 1.33 bits per heavy atom. The molecule has 0 aromatic heterocycles. The van der Waals surface area contributed by atoms with Crippen LogP contribution in [0.15, 0.2) is 24.3 Å². The summed E-state index contributed by atoms with van der Waals surface area (Å²) < 4.78 is 0. The molecule has 2 rings (SSSR count). The lowest BCUT2D eigenvalue weighted by molar-refractivity contribution is 0.141. The summed E-state index contributed by atoms with van der Waals surface area (Å²) in [6, 6.07) is 8.24. The van der Waals surface area contributed by atoms with E-state index >= 15 is 0 Å². The molecule has 0 unspecified atom stereocenters. The molecule has 0 saturated carbocycles. The first-order valence-electron chi connectivity index (χ1n) is 6.12. The number of nitrogens with zero attached hydrogens (tertiary/aromatic N) is 1. The van der Waals surface area contributed by atoms with Crippen molar-refractivity contribution in [3.63, 3.8) is 0 Å². The van der Waals surface area contributed by atoms with Gasteiger partial charge >= 0.3 is 0 Å². The molecule has 0 radical (unpaired) electrons. The molecule has 1 atom stereocenters. The molecule has 0 aliphatic carbocycles. The fourth-order valence-corrected chi connectivity index (χ4v) is 2.59. The smallest absolute Gasteiger partial charge is 0.0449 e. The van der Waals surface area contributed by atoms with E-state index in [1.54, 1.807) is 0 Å². The summed E-state index contributed by atoms with van der Waals surface area (Å²) in [5.41, 5.74) is 1.20. The molecule has 102 valence electrons. The van der Waals surface area contributed by atoms with Crippen molar-refractivity contribution < 1.29 is 5.11 Å². The third kappa shape index (κ3) is 4.11. The van der Waals surface area contributed by atoms with E-state index in [-0.39, 0.29) is 25.1 Å². The minimum Gasteiger partial charge on any atom is -0.396 e. The van der Waals surface area contributed by atoms with Crippen LogP contribution in [0.2, 0.25) is 5.02 Å². The van der Waals surface area contributed by atoms with Crippen molar-refractivity contribution in [3.05, 3.63) is 34.9 Å². The second-order valence-corrected chi connectivity index (χ2v) is 4.81. The maximum Gasteiger partial charge on any atom is 0.0449 e. The third-order valence-corrected chi connectivity index (χ3v) is 3.46. The van der Waals surface area contributed by atoms with Gasteiger partial charge in [-0.2, -0.15) is 0 Å². The molecular weight excluding hydrogens is 271 g/mol. The van der Waals surface area contributed by atoms with Gasteiger partial charge in [0.05, 0.1) is 0 Å². The zero-order valence-corrected chi connectivity index (χ0v) is 11.9. The third-order valence-electron chi connectivity index (χ3n) is 3.23. The summed E-state index contributed by atoms with van der Waals surface area (Å²) in [5, 5.41) is 13.3. The van der Waals surface area contributed by atoms with Gasteiger partial charge in [0.2, 0.25) is 0 Å². The quantitative estimate of drug-likeness (QED) is 0.891. The van der Waals surface area contributed by atoms with Crippen molar-refractivity contribution in [2.24, 2.45) is 0 Å². The van der Waals surface area contributed by atoms with E-state index in [2.05, 4.69) is 16.3 Å². The van der Waals surface area contributed by atoms with Gasteiger partial charge in [0.15, 0.2) is 0 Å². The van der Waals surface area contributed by atoms with Crippen LogP contribution in [-0.2, 0) is 0 Å². The zero-order valence-electron chi connectivity index (χ0n) is 10.3. The van der Waals surface area contributed by atoms with E-state index < -0.39 is 0 Å². The van der Waals surface area contributed by atoms with Crippen LogP contribution in [0, 0.1) is 0 Å². The average Bonchev–Trinajstić information content (AvgIpc) is 2.37. The van der Waals surface area contributed by atoms with E-state index in [1.165, 1.54) is 5.56 Å². The van der Waals surface area contributed by atoms with E-state index in [0.29, 0.717) is 0 Å². The second-order valence-electron chi connectivity index (χ2n) is 4.37. The number of benzene rings is 1. The first-order chi connectivity index (χ1) is 8.31. The fourth-order valence-electron chi connectivity index (χ4n) is 2.39. The first-order valence-corrected chi connectivity index (χ1v) is 6.50. The minimum absolute atomic E-state index is 0. The second kappa shape index (κ2) is 7.97. The topological polar surface area (TPSA) is 35.5 Å². The van der Waals surface area contributed by atoms with Crippen LogP contribution in [-0.4, -0.2) is 42.8 Å². The molecule has 1 saturated heterocycles. The highest BCUT2D eigenvalue weighted by Gasteiger charge is 2.21. The maximum atomic E-state index is 9.22. The van der Waals surface area contributed by atoms with Gasteiger partial charge in [-0.05, 0) is 24.1 Å². The van der Waals surface area contributed by atoms with Gasteiger partial charge in [-0.15, -0.1) is 12.4 Å². The van der Waals surface area contributed by atoms with E-state index in [1.807, 2.05) is 18.2 Å². The molecule has 1 fully saturated rings. The predicted octanol–water partition coefficient (Wildman–Crippen LogP) is 2.09. The van der Waals surface area contributed by atoms with Gasteiger partial charge in [-0.3, -0.25) is 4.90 Å². The van der Waals surface area contributed by atoms with Crippen LogP contribution >= 0.6 is 24.0 Å². The van der Waals surface area contributed by atoms with Crippen LogP contribution in [0.1, 0.15) is 18.0 Å². The highest BCUT2D eigenvalue weighted by molar-refractivity contribution is 6.30. The largest absolute Gasteiger partial charge is 0.396 e. The Balaban J connectivity index is 0.00000162. The Bertz CT molecular complexity index is 357. The SMILES string of the molecule is Cl.OCC[C@@H](c1cccc(Cl)c1)N1CCNCC1. The Hall–Kier alpha value is -0.320. The van der Waals surface area contributed by atoms with E-state index in [4.69, 9.17) is 11.6 Å². The van der Waals surface area contributed by atoms with Crippen LogP contribution in [0.5, 0.6) is 0 Å². The first kappa shape index (κ1) is 15.7. The standard InChI is InChI=1S/C13H19ClN2O.ClH/c14-12-3-1-2-11(10-12)13(4-9-17)16-7-5-15-6-8-16;/h1-3,10,13,15,17H,4-9H2;1H/t13-;/m0./s1. The number of nitrogens with one attached hydrogen (secondary N) is 1. The van der Waals surface area contributed by atoms with Gasteiger partial charge < -0.3 is 10.4 Å². The summed E-state index contributed by atoms with van der Waals surface area (Å²) in [6.45, 7) is 4.29. The highest BCUT2D eigenvalue weighted by Crippen LogP contribution is 2.26. The Kier molecular flexibility index (Phi) is 6.97. The number of aliphatic hydroxyl groups is 1. The van der Waals surface area contributed by atoms with E-state index in [0.717, 1.165) is 37.6 Å². The number of halogens is 2. The number of piperazine rings is 1. The van der Waals surface area contributed by atoms with Crippen molar-refractivity contribution in [2.45, 2.75) is 12.5 Å². The Labute approximate surface area is 120 Å². The van der Waals surface area contributed by atoms with Crippen molar-refractivity contribution >= 4 is 24.0 Å². The molecule has 1 aliphatic rings. The minimum atomic E-state index is 0. The van der Waals surface area contributed by atoms with Gasteiger partial charge in [0, 0.05) is 43.9 Å². The average molecular weight is 291 g/mol. The normalized spacial score (nSPS) is 18.1. The monoisotopic (exact) mass is 290 g/mol. The summed E-state index contributed by atoms with van der Waals surface area (Å²) in [5.74, 6) is 0. The predicted molar refractivity (Wildman–Crippen MR) is 77.6 cm³/mol. The van der Waals surface area contributed by atoms with Crippen LogP contribution in [0.25, 0.3) is 0 Å². The molecule has 2 N–H and O–H groups in total. The zero-order chi connectivity index (χ0) is 12.1. The van der Waals surface area contributed by atoms with Crippen molar-refractivity contribution in [2.75, 3.05) is 32.8 Å². The van der Waals surface area contributed by atoms with Crippen LogP contribution in [0.3, 0.4) is 0 Å². The molecule has 0 bridgehead atoms. The number of aliphatic hydroxyl groups excluding tert-OH is 1. The molecule has 3 nitrogen and oxygen atoms in total. The van der Waals surface area contributed by atoms with Gasteiger partial charge in [0.1, 0.15) is 0 Å². The Morgan fingerprint density at radius 2 is 2.06 bits per heavy atom. The lowest BCUT2D eigenvalue weighted by Gasteiger charge is -2.35. The van der Waals surface area contributed by atoms with Crippen molar-refractivity contribution in [3.8, 4) is 0 Å². The number of hydrogen-bond acceptors (Lipinski definition) is 3. The molecule has 1 heterocycles. The summed E-state index contributed by atoms with van der Waals surface area (Å²) in [6.07, 6.45) is 0.764. The lowest BCUT2D eigenvalue weighted by atomic mass is 10.0. The molecule has 1 aliphatic heterocycles. The number of rotatable bonds is 4. The van der Waals surface area contributed by atoms with Crippen molar-refractivity contribution in [1.29, 1.82) is 0 Å². The molecule has 5 heteroatoms. The van der Waals surface area contributed by atoms with Gasteiger partial charge in [0.25, 0.3) is 0 Å². The maximum absolute atomic E-state index is 9.22. The molecule has 0 amide bonds. The van der Waals surface area contributed by atoms with Gasteiger partial charge in [-0.1, -0.05) is 23.7 Å². The molecule has 0 spiro atoms. The Morgan fingerprint density at radius 3 is 2.67 bits per heavy atom. The molecule has 18 heavy (non-hydrogen) atoms. The molecule has 1 aromatic carbocycles. The van der Waals surface area contributed by atoms with Crippen LogP contribution < -0.4 is 5.32 Å². The van der Waals surface area contributed by atoms with Gasteiger partial charge in [-0.25, -0.2) is 0 Å². The lowest BCUT2D eigenvalue weighted by Crippen LogP contribution is -2.45. The van der Waals surface area contributed by atoms with Crippen molar-refractivity contribution in [1.82, 2.24) is 10.2 Å². The summed E-state index contributed by atoms with van der Waals surface area (Å²) in [4.78, 5) is 2.42. The molecular formula is C13H20Cl2N2O. The molecule has 1 aromatic rings. The summed E-state index contributed by atoms with van der Waals surface area (Å²) >= 11 is 6.03.